The zero-order chi connectivity index (χ0) is 12.5. The highest BCUT2D eigenvalue weighted by Gasteiger charge is 2.12. The lowest BCUT2D eigenvalue weighted by Gasteiger charge is -2.26. The summed E-state index contributed by atoms with van der Waals surface area (Å²) in [5.74, 6) is 0.185. The summed E-state index contributed by atoms with van der Waals surface area (Å²) in [6, 6.07) is 0. The third kappa shape index (κ3) is 9.46. The van der Waals surface area contributed by atoms with Gasteiger partial charge in [-0.2, -0.15) is 0 Å². The highest BCUT2D eigenvalue weighted by atomic mass is 35.5. The Labute approximate surface area is 128 Å². The molecule has 0 aromatic carbocycles. The Balaban J connectivity index is 0. The molecular weight excluding hydrogens is 289 g/mol. The van der Waals surface area contributed by atoms with E-state index in [0.717, 1.165) is 52.4 Å². The van der Waals surface area contributed by atoms with Crippen LogP contribution in [0.2, 0.25) is 0 Å². The van der Waals surface area contributed by atoms with Gasteiger partial charge < -0.3 is 15.4 Å². The Kier molecular flexibility index (Phi) is 14.5. The van der Waals surface area contributed by atoms with Gasteiger partial charge in [0.2, 0.25) is 5.91 Å². The molecule has 1 atom stereocenters. The monoisotopic (exact) mass is 315 g/mol. The predicted octanol–water partition coefficient (Wildman–Crippen LogP) is 0.524. The number of amides is 1. The molecular formula is C12H27Cl2N3O2. The van der Waals surface area contributed by atoms with Crippen molar-refractivity contribution < 1.29 is 9.53 Å². The van der Waals surface area contributed by atoms with E-state index in [1.165, 1.54) is 0 Å². The first-order valence-corrected chi connectivity index (χ1v) is 6.46. The Morgan fingerprint density at radius 1 is 1.32 bits per heavy atom. The maximum atomic E-state index is 11.6. The summed E-state index contributed by atoms with van der Waals surface area (Å²) in [5, 5.41) is 5.98. The van der Waals surface area contributed by atoms with Crippen LogP contribution in [0.3, 0.4) is 0 Å². The number of ether oxygens (including phenoxy) is 1. The molecule has 1 aliphatic rings. The van der Waals surface area contributed by atoms with Crippen LogP contribution in [0.5, 0.6) is 0 Å². The predicted molar refractivity (Wildman–Crippen MR) is 82.5 cm³/mol. The van der Waals surface area contributed by atoms with Crippen LogP contribution >= 0.6 is 24.8 Å². The molecule has 0 radical (unpaired) electrons. The van der Waals surface area contributed by atoms with Gasteiger partial charge in [0.05, 0.1) is 13.2 Å². The van der Waals surface area contributed by atoms with E-state index in [4.69, 9.17) is 4.74 Å². The van der Waals surface area contributed by atoms with Crippen molar-refractivity contribution in [2.75, 3.05) is 53.0 Å². The number of carbonyl (C=O) groups excluding carboxylic acids is 1. The highest BCUT2D eigenvalue weighted by Crippen LogP contribution is 1.98. The highest BCUT2D eigenvalue weighted by molar-refractivity contribution is 5.85. The minimum absolute atomic E-state index is 0. The van der Waals surface area contributed by atoms with Crippen molar-refractivity contribution in [2.45, 2.75) is 13.3 Å². The molecule has 0 saturated carbocycles. The lowest BCUT2D eigenvalue weighted by Crippen LogP contribution is -2.39. The quantitative estimate of drug-likeness (QED) is 0.673. The van der Waals surface area contributed by atoms with Crippen molar-refractivity contribution in [2.24, 2.45) is 5.92 Å². The second-order valence-electron chi connectivity index (χ2n) is 4.56. The SMILES string of the molecule is CNCC(C)C(=O)NCCCN1CCOCC1.Cl.Cl. The molecule has 0 bridgehead atoms. The van der Waals surface area contributed by atoms with Crippen LogP contribution in [-0.4, -0.2) is 63.8 Å². The molecule has 1 saturated heterocycles. The van der Waals surface area contributed by atoms with Gasteiger partial charge >= 0.3 is 0 Å². The van der Waals surface area contributed by atoms with Gasteiger partial charge in [-0.25, -0.2) is 0 Å². The van der Waals surface area contributed by atoms with Gasteiger partial charge in [0, 0.05) is 32.1 Å². The van der Waals surface area contributed by atoms with Gasteiger partial charge in [-0.3, -0.25) is 9.69 Å². The molecule has 5 nitrogen and oxygen atoms in total. The molecule has 116 valence electrons. The zero-order valence-electron chi connectivity index (χ0n) is 11.8. The summed E-state index contributed by atoms with van der Waals surface area (Å²) in [4.78, 5) is 14.0. The van der Waals surface area contributed by atoms with Crippen molar-refractivity contribution in [3.05, 3.63) is 0 Å². The number of carbonyl (C=O) groups is 1. The molecule has 7 heteroatoms. The molecule has 1 fully saturated rings. The van der Waals surface area contributed by atoms with Crippen molar-refractivity contribution >= 4 is 30.7 Å². The fraction of sp³-hybridized carbons (Fsp3) is 0.917. The summed E-state index contributed by atoms with van der Waals surface area (Å²) in [5.41, 5.74) is 0. The van der Waals surface area contributed by atoms with E-state index in [9.17, 15) is 4.79 Å². The zero-order valence-corrected chi connectivity index (χ0v) is 13.4. The summed E-state index contributed by atoms with van der Waals surface area (Å²) >= 11 is 0. The van der Waals surface area contributed by atoms with Gasteiger partial charge in [-0.15, -0.1) is 24.8 Å². The molecule has 1 aliphatic heterocycles. The number of morpholine rings is 1. The minimum Gasteiger partial charge on any atom is -0.379 e. The average Bonchev–Trinajstić information content (AvgIpc) is 2.36. The van der Waals surface area contributed by atoms with Gasteiger partial charge in [-0.05, 0) is 20.0 Å². The number of hydrogen-bond acceptors (Lipinski definition) is 4. The van der Waals surface area contributed by atoms with Crippen LogP contribution in [0.4, 0.5) is 0 Å². The van der Waals surface area contributed by atoms with E-state index < -0.39 is 0 Å². The normalized spacial score (nSPS) is 16.9. The third-order valence-electron chi connectivity index (χ3n) is 3.01. The van der Waals surface area contributed by atoms with E-state index in [0.29, 0.717) is 0 Å². The molecule has 0 aliphatic carbocycles. The Hall–Kier alpha value is -0.0700. The van der Waals surface area contributed by atoms with Crippen LogP contribution < -0.4 is 10.6 Å². The Bertz CT molecular complexity index is 227. The van der Waals surface area contributed by atoms with Crippen molar-refractivity contribution in [3.8, 4) is 0 Å². The molecule has 0 spiro atoms. The molecule has 19 heavy (non-hydrogen) atoms. The Morgan fingerprint density at radius 3 is 2.53 bits per heavy atom. The fourth-order valence-electron chi connectivity index (χ4n) is 1.91. The second kappa shape index (κ2) is 12.9. The lowest BCUT2D eigenvalue weighted by atomic mass is 10.1. The first-order valence-electron chi connectivity index (χ1n) is 6.46. The van der Waals surface area contributed by atoms with Crippen LogP contribution in [0.15, 0.2) is 0 Å². The molecule has 0 aromatic heterocycles. The number of rotatable bonds is 7. The van der Waals surface area contributed by atoms with Crippen LogP contribution in [0.1, 0.15) is 13.3 Å². The molecule has 1 amide bonds. The van der Waals surface area contributed by atoms with Gasteiger partial charge in [0.1, 0.15) is 0 Å². The molecule has 1 unspecified atom stereocenters. The van der Waals surface area contributed by atoms with Crippen LogP contribution in [0, 0.1) is 5.92 Å². The average molecular weight is 316 g/mol. The van der Waals surface area contributed by atoms with Crippen molar-refractivity contribution in [1.82, 2.24) is 15.5 Å². The third-order valence-corrected chi connectivity index (χ3v) is 3.01. The molecule has 1 heterocycles. The van der Waals surface area contributed by atoms with E-state index in [2.05, 4.69) is 15.5 Å². The maximum absolute atomic E-state index is 11.6. The smallest absolute Gasteiger partial charge is 0.224 e. The summed E-state index contributed by atoms with van der Waals surface area (Å²) < 4.78 is 5.28. The maximum Gasteiger partial charge on any atom is 0.224 e. The number of nitrogens with one attached hydrogen (secondary N) is 2. The van der Waals surface area contributed by atoms with Crippen molar-refractivity contribution in [1.29, 1.82) is 0 Å². The first kappa shape index (κ1) is 21.2. The first-order chi connectivity index (χ1) is 8.24. The standard InChI is InChI=1S/C12H25N3O2.2ClH/c1-11(10-13-2)12(16)14-4-3-5-15-6-8-17-9-7-15;;/h11,13H,3-10H2,1-2H3,(H,14,16);2*1H. The molecule has 1 rings (SSSR count). The number of hydrogen-bond donors (Lipinski definition) is 2. The Morgan fingerprint density at radius 2 is 1.95 bits per heavy atom. The van der Waals surface area contributed by atoms with E-state index in [1.807, 2.05) is 14.0 Å². The van der Waals surface area contributed by atoms with Gasteiger partial charge in [0.15, 0.2) is 0 Å². The fourth-order valence-corrected chi connectivity index (χ4v) is 1.91. The topological polar surface area (TPSA) is 53.6 Å². The molecule has 0 aromatic rings. The van der Waals surface area contributed by atoms with Crippen molar-refractivity contribution in [3.63, 3.8) is 0 Å². The minimum atomic E-state index is 0. The summed E-state index contributed by atoms with van der Waals surface area (Å²) in [7, 11) is 1.86. The number of halogens is 2. The van der Waals surface area contributed by atoms with E-state index in [-0.39, 0.29) is 36.6 Å². The number of nitrogens with zero attached hydrogens (tertiary/aromatic N) is 1. The largest absolute Gasteiger partial charge is 0.379 e. The van der Waals surface area contributed by atoms with Crippen LogP contribution in [0.25, 0.3) is 0 Å². The lowest BCUT2D eigenvalue weighted by molar-refractivity contribution is -0.124. The molecule has 2 N–H and O–H groups in total. The van der Waals surface area contributed by atoms with E-state index in [1.54, 1.807) is 0 Å². The van der Waals surface area contributed by atoms with Gasteiger partial charge in [0.25, 0.3) is 0 Å². The van der Waals surface area contributed by atoms with Crippen LogP contribution in [-0.2, 0) is 9.53 Å². The summed E-state index contributed by atoms with van der Waals surface area (Å²) in [6.45, 7) is 8.20. The van der Waals surface area contributed by atoms with E-state index >= 15 is 0 Å². The second-order valence-corrected chi connectivity index (χ2v) is 4.56. The van der Waals surface area contributed by atoms with Gasteiger partial charge in [-0.1, -0.05) is 6.92 Å². The summed E-state index contributed by atoms with van der Waals surface area (Å²) in [6.07, 6.45) is 1.01.